The number of aromatic hydroxyl groups is 1. The largest absolute Gasteiger partial charge is 0.507 e. The molecule has 21 heavy (non-hydrogen) atoms. The van der Waals surface area contributed by atoms with Crippen molar-refractivity contribution in [3.63, 3.8) is 0 Å². The minimum Gasteiger partial charge on any atom is -0.507 e. The van der Waals surface area contributed by atoms with Crippen LogP contribution in [0.4, 0.5) is 0 Å². The van der Waals surface area contributed by atoms with Gasteiger partial charge in [0.25, 0.3) is 0 Å². The molecule has 0 aliphatic heterocycles. The summed E-state index contributed by atoms with van der Waals surface area (Å²) in [6, 6.07) is 11.5. The first-order chi connectivity index (χ1) is 10.2. The van der Waals surface area contributed by atoms with Crippen LogP contribution in [0.25, 0.3) is 11.0 Å². The summed E-state index contributed by atoms with van der Waals surface area (Å²) in [4.78, 5) is 10.8. The van der Waals surface area contributed by atoms with E-state index in [0.29, 0.717) is 23.3 Å². The van der Waals surface area contributed by atoms with Crippen molar-refractivity contribution >= 4 is 11.0 Å². The summed E-state index contributed by atoms with van der Waals surface area (Å²) >= 11 is 0. The normalized spacial score (nSPS) is 11.0. The molecule has 3 aromatic rings. The molecule has 0 atom stereocenters. The maximum absolute atomic E-state index is 10.1. The van der Waals surface area contributed by atoms with E-state index in [1.54, 1.807) is 6.07 Å². The Morgan fingerprint density at radius 2 is 1.81 bits per heavy atom. The van der Waals surface area contributed by atoms with Crippen molar-refractivity contribution in [2.45, 2.75) is 20.5 Å². The van der Waals surface area contributed by atoms with E-state index in [2.05, 4.69) is 0 Å². The van der Waals surface area contributed by atoms with E-state index in [1.165, 1.54) is 6.26 Å². The summed E-state index contributed by atoms with van der Waals surface area (Å²) in [5.41, 5.74) is 3.05. The summed E-state index contributed by atoms with van der Waals surface area (Å²) in [7, 11) is 0. The Kier molecular flexibility index (Phi) is 3.54. The van der Waals surface area contributed by atoms with E-state index in [-0.39, 0.29) is 5.75 Å². The molecule has 1 heterocycles. The number of rotatable bonds is 4. The second kappa shape index (κ2) is 5.50. The maximum Gasteiger partial charge on any atom is 0.211 e. The molecular weight excluding hydrogens is 268 g/mol. The first-order valence-electron chi connectivity index (χ1n) is 6.71. The highest BCUT2D eigenvalue weighted by molar-refractivity contribution is 5.91. The van der Waals surface area contributed by atoms with Gasteiger partial charge in [-0.05, 0) is 31.0 Å². The van der Waals surface area contributed by atoms with Crippen LogP contribution in [-0.4, -0.2) is 5.11 Å². The van der Waals surface area contributed by atoms with Gasteiger partial charge >= 0.3 is 0 Å². The predicted octanol–water partition coefficient (Wildman–Crippen LogP) is 4.27. The number of fused-ring (bicyclic) bond motifs is 1. The molecule has 0 spiro atoms. The van der Waals surface area contributed by atoms with Crippen LogP contribution in [0.1, 0.15) is 16.7 Å². The Morgan fingerprint density at radius 1 is 1.05 bits per heavy atom. The third kappa shape index (κ3) is 2.45. The minimum absolute atomic E-state index is 0.214. The number of benzene rings is 2. The third-order valence-corrected chi connectivity index (χ3v) is 3.60. The summed E-state index contributed by atoms with van der Waals surface area (Å²) in [6.45, 7) is 4.03. The summed E-state index contributed by atoms with van der Waals surface area (Å²) in [6.07, 6.45) is 1.52. The van der Waals surface area contributed by atoms with E-state index in [0.717, 1.165) is 16.7 Å². The van der Waals surface area contributed by atoms with E-state index >= 15 is 0 Å². The zero-order chi connectivity index (χ0) is 14.8. The first kappa shape index (κ1) is 13.5. The second-order valence-electron chi connectivity index (χ2n) is 4.92. The lowest BCUT2D eigenvalue weighted by Gasteiger charge is -2.12. The molecule has 108 valence electrons. The van der Waals surface area contributed by atoms with Crippen LogP contribution in [0, 0.1) is 13.8 Å². The van der Waals surface area contributed by atoms with Gasteiger partial charge in [-0.1, -0.05) is 30.3 Å². The van der Waals surface area contributed by atoms with E-state index in [1.807, 2.05) is 44.2 Å². The lowest BCUT2D eigenvalue weighted by Crippen LogP contribution is -2.00. The lowest BCUT2D eigenvalue weighted by molar-refractivity contribution is -0.217. The number of furan rings is 1. The van der Waals surface area contributed by atoms with Gasteiger partial charge in [0, 0.05) is 5.56 Å². The Balaban J connectivity index is 1.85. The molecule has 4 heteroatoms. The minimum atomic E-state index is 0.214. The molecule has 0 aliphatic carbocycles. The Hall–Kier alpha value is -2.46. The molecular formula is C17H16O4. The van der Waals surface area contributed by atoms with E-state index in [9.17, 15) is 5.11 Å². The molecule has 0 saturated heterocycles. The van der Waals surface area contributed by atoms with Crippen LogP contribution < -0.4 is 4.89 Å². The first-order valence-corrected chi connectivity index (χ1v) is 6.71. The van der Waals surface area contributed by atoms with Crippen LogP contribution in [0.3, 0.4) is 0 Å². The molecule has 0 amide bonds. The molecule has 0 radical (unpaired) electrons. The monoisotopic (exact) mass is 284 g/mol. The summed E-state index contributed by atoms with van der Waals surface area (Å²) < 4.78 is 5.40. The van der Waals surface area contributed by atoms with Crippen molar-refractivity contribution in [1.82, 2.24) is 0 Å². The SMILES string of the molecule is Cc1c(C)c(OOCc2ccccc2)c2occc2c1O. The second-order valence-corrected chi connectivity index (χ2v) is 4.92. The average molecular weight is 284 g/mol. The molecule has 4 nitrogen and oxygen atoms in total. The summed E-state index contributed by atoms with van der Waals surface area (Å²) in [5, 5.41) is 10.7. The molecule has 2 aromatic carbocycles. The molecule has 0 saturated carbocycles. The summed E-state index contributed by atoms with van der Waals surface area (Å²) in [5.74, 6) is 0.716. The molecule has 1 N–H and O–H groups in total. The fourth-order valence-corrected chi connectivity index (χ4v) is 2.22. The van der Waals surface area contributed by atoms with Crippen LogP contribution >= 0.6 is 0 Å². The Labute approximate surface area is 122 Å². The third-order valence-electron chi connectivity index (χ3n) is 3.60. The molecule has 0 bridgehead atoms. The lowest BCUT2D eigenvalue weighted by atomic mass is 10.0. The number of hydrogen-bond donors (Lipinski definition) is 1. The molecule has 3 rings (SSSR count). The van der Waals surface area contributed by atoms with Gasteiger partial charge in [-0.25, -0.2) is 0 Å². The van der Waals surface area contributed by atoms with Crippen LogP contribution in [0.5, 0.6) is 11.5 Å². The number of hydrogen-bond acceptors (Lipinski definition) is 4. The topological polar surface area (TPSA) is 51.8 Å². The number of phenols is 1. The van der Waals surface area contributed by atoms with Gasteiger partial charge in [0.05, 0.1) is 11.6 Å². The predicted molar refractivity (Wildman–Crippen MR) is 79.2 cm³/mol. The van der Waals surface area contributed by atoms with Gasteiger partial charge in [-0.3, -0.25) is 0 Å². The van der Waals surface area contributed by atoms with Crippen molar-refractivity contribution in [1.29, 1.82) is 0 Å². The van der Waals surface area contributed by atoms with Crippen molar-refractivity contribution < 1.29 is 19.3 Å². The number of phenolic OH excluding ortho intramolecular Hbond substituents is 1. The van der Waals surface area contributed by atoms with Crippen molar-refractivity contribution in [3.05, 3.63) is 59.4 Å². The zero-order valence-corrected chi connectivity index (χ0v) is 11.9. The van der Waals surface area contributed by atoms with Gasteiger partial charge in [-0.15, -0.1) is 0 Å². The fraction of sp³-hybridized carbons (Fsp3) is 0.176. The highest BCUT2D eigenvalue weighted by Gasteiger charge is 2.18. The van der Waals surface area contributed by atoms with Gasteiger partial charge in [0.1, 0.15) is 12.4 Å². The quantitative estimate of drug-likeness (QED) is 0.574. The molecule has 0 unspecified atom stereocenters. The highest BCUT2D eigenvalue weighted by atomic mass is 17.2. The van der Waals surface area contributed by atoms with Gasteiger partial charge in [0.2, 0.25) is 5.75 Å². The smallest absolute Gasteiger partial charge is 0.211 e. The molecule has 0 aliphatic rings. The van der Waals surface area contributed by atoms with Crippen molar-refractivity contribution in [2.24, 2.45) is 0 Å². The van der Waals surface area contributed by atoms with E-state index in [4.69, 9.17) is 14.2 Å². The van der Waals surface area contributed by atoms with Crippen LogP contribution in [-0.2, 0) is 11.5 Å². The maximum atomic E-state index is 10.1. The van der Waals surface area contributed by atoms with Gasteiger partial charge in [-0.2, -0.15) is 4.89 Å². The zero-order valence-electron chi connectivity index (χ0n) is 11.9. The fourth-order valence-electron chi connectivity index (χ4n) is 2.22. The highest BCUT2D eigenvalue weighted by Crippen LogP contribution is 2.40. The standard InChI is InChI=1S/C17H16O4/c1-11-12(2)16(17-14(15(11)18)8-9-19-17)21-20-10-13-6-4-3-5-7-13/h3-9,18H,10H2,1-2H3. The Bertz CT molecular complexity index is 759. The molecule has 0 fully saturated rings. The average Bonchev–Trinajstić information content (AvgIpc) is 2.99. The van der Waals surface area contributed by atoms with Gasteiger partial charge in [0.15, 0.2) is 5.58 Å². The van der Waals surface area contributed by atoms with E-state index < -0.39 is 0 Å². The van der Waals surface area contributed by atoms with Crippen molar-refractivity contribution in [2.75, 3.05) is 0 Å². The van der Waals surface area contributed by atoms with Crippen molar-refractivity contribution in [3.8, 4) is 11.5 Å². The Morgan fingerprint density at radius 3 is 2.57 bits per heavy atom. The van der Waals surface area contributed by atoms with Gasteiger partial charge < -0.3 is 14.4 Å². The molecule has 1 aromatic heterocycles. The van der Waals surface area contributed by atoms with Crippen LogP contribution in [0.2, 0.25) is 0 Å². The van der Waals surface area contributed by atoms with Crippen LogP contribution in [0.15, 0.2) is 47.1 Å².